The van der Waals surface area contributed by atoms with E-state index in [1.165, 1.54) is 132 Å². The fourth-order valence-corrected chi connectivity index (χ4v) is 9.01. The van der Waals surface area contributed by atoms with Gasteiger partial charge >= 0.3 is 0 Å². The Morgan fingerprint density at radius 3 is 1.30 bits per heavy atom. The first-order valence-electron chi connectivity index (χ1n) is 17.2. The van der Waals surface area contributed by atoms with Crippen molar-refractivity contribution in [1.82, 2.24) is 0 Å². The smallest absolute Gasteiger partial charge is 0.00233 e. The molecule has 0 atom stereocenters. The highest BCUT2D eigenvalue weighted by atomic mass is 14.3. The lowest BCUT2D eigenvalue weighted by Gasteiger charge is -2.25. The third-order valence-corrected chi connectivity index (χ3v) is 11.1. The van der Waals surface area contributed by atoms with Crippen LogP contribution in [0.1, 0.15) is 71.9 Å². The van der Waals surface area contributed by atoms with Crippen LogP contribution < -0.4 is 0 Å². The highest BCUT2D eigenvalue weighted by Crippen LogP contribution is 2.48. The number of hydrogen-bond donors (Lipinski definition) is 0. The van der Waals surface area contributed by atoms with Gasteiger partial charge in [0, 0.05) is 0 Å². The van der Waals surface area contributed by atoms with E-state index in [0.29, 0.717) is 0 Å². The number of rotatable bonds is 3. The lowest BCUT2D eigenvalue weighted by molar-refractivity contribution is 0.687. The van der Waals surface area contributed by atoms with Gasteiger partial charge in [-0.15, -0.1) is 0 Å². The van der Waals surface area contributed by atoms with Crippen molar-refractivity contribution in [2.45, 2.75) is 77.0 Å². The van der Waals surface area contributed by atoms with Crippen LogP contribution in [0.3, 0.4) is 0 Å². The molecule has 0 heteroatoms. The van der Waals surface area contributed by atoms with E-state index in [0.717, 1.165) is 0 Å². The van der Waals surface area contributed by atoms with Crippen molar-refractivity contribution in [1.29, 1.82) is 0 Å². The van der Waals surface area contributed by atoms with Crippen molar-refractivity contribution in [3.05, 3.63) is 130 Å². The van der Waals surface area contributed by atoms with Crippen LogP contribution in [0, 0.1) is 0 Å². The highest BCUT2D eigenvalue weighted by Gasteiger charge is 2.24. The van der Waals surface area contributed by atoms with E-state index >= 15 is 0 Å². The average Bonchev–Trinajstić information content (AvgIpc) is 3.10. The molecular formula is C44H40. The molecule has 9 rings (SSSR count). The summed E-state index contributed by atoms with van der Waals surface area (Å²) in [5.41, 5.74) is 18.0. The third kappa shape index (κ3) is 4.18. The summed E-state index contributed by atoms with van der Waals surface area (Å²) in [5.74, 6) is 0. The molecule has 0 saturated carbocycles. The molecule has 0 heterocycles. The number of fused-ring (bicyclic) bond motifs is 5. The summed E-state index contributed by atoms with van der Waals surface area (Å²) in [5, 5.41) is 5.61. The van der Waals surface area contributed by atoms with E-state index in [4.69, 9.17) is 0 Å². The molecule has 0 unspecified atom stereocenters. The van der Waals surface area contributed by atoms with Crippen molar-refractivity contribution in [3.63, 3.8) is 0 Å². The second-order valence-electron chi connectivity index (χ2n) is 13.5. The average molecular weight is 569 g/mol. The van der Waals surface area contributed by atoms with Crippen LogP contribution in [-0.2, 0) is 38.5 Å². The van der Waals surface area contributed by atoms with Crippen LogP contribution in [0.15, 0.2) is 97.1 Å². The SMILES string of the molecule is c1cc2c(c(-c3ccc4c(-c5cccc6c5CCCC6)c5ccccc5c(-c5cccc6c5CCCC6)c4c3)c1)CCCC2. The molecule has 3 aliphatic rings. The summed E-state index contributed by atoms with van der Waals surface area (Å²) in [7, 11) is 0. The first-order chi connectivity index (χ1) is 21.8. The maximum atomic E-state index is 2.57. The second kappa shape index (κ2) is 10.8. The van der Waals surface area contributed by atoms with Crippen LogP contribution in [0.25, 0.3) is 54.9 Å². The molecule has 44 heavy (non-hydrogen) atoms. The topological polar surface area (TPSA) is 0 Å². The lowest BCUT2D eigenvalue weighted by atomic mass is 9.78. The summed E-state index contributed by atoms with van der Waals surface area (Å²) in [6.07, 6.45) is 15.0. The van der Waals surface area contributed by atoms with Gasteiger partial charge in [0.25, 0.3) is 0 Å². The zero-order valence-corrected chi connectivity index (χ0v) is 25.7. The van der Waals surface area contributed by atoms with Crippen molar-refractivity contribution >= 4 is 21.5 Å². The molecule has 0 bridgehead atoms. The molecule has 6 aromatic rings. The molecule has 0 aliphatic heterocycles. The summed E-state index contributed by atoms with van der Waals surface area (Å²) < 4.78 is 0. The maximum Gasteiger partial charge on any atom is -0.00233 e. The molecule has 0 radical (unpaired) electrons. The Bertz CT molecular complexity index is 2070. The molecular weight excluding hydrogens is 528 g/mol. The molecule has 0 fully saturated rings. The van der Waals surface area contributed by atoms with Crippen molar-refractivity contribution < 1.29 is 0 Å². The quantitative estimate of drug-likeness (QED) is 0.186. The Labute approximate surface area is 261 Å². The zero-order chi connectivity index (χ0) is 29.0. The molecule has 0 N–H and O–H groups in total. The maximum absolute atomic E-state index is 2.57. The minimum atomic E-state index is 1.18. The van der Waals surface area contributed by atoms with Gasteiger partial charge in [-0.3, -0.25) is 0 Å². The lowest BCUT2D eigenvalue weighted by Crippen LogP contribution is -2.06. The molecule has 0 saturated heterocycles. The molecule has 0 nitrogen and oxygen atoms in total. The van der Waals surface area contributed by atoms with Gasteiger partial charge in [-0.05, 0) is 171 Å². The number of benzene rings is 6. The van der Waals surface area contributed by atoms with Crippen LogP contribution in [0.2, 0.25) is 0 Å². The molecule has 0 spiro atoms. The summed E-state index contributed by atoms with van der Waals surface area (Å²) in [6.45, 7) is 0. The molecule has 6 aromatic carbocycles. The van der Waals surface area contributed by atoms with E-state index < -0.39 is 0 Å². The van der Waals surface area contributed by atoms with E-state index in [-0.39, 0.29) is 0 Å². The summed E-state index contributed by atoms with van der Waals surface area (Å²) >= 11 is 0. The molecule has 216 valence electrons. The first kappa shape index (κ1) is 26.3. The summed E-state index contributed by atoms with van der Waals surface area (Å²) in [4.78, 5) is 0. The van der Waals surface area contributed by atoms with E-state index in [1.807, 2.05) is 0 Å². The van der Waals surface area contributed by atoms with Gasteiger partial charge < -0.3 is 0 Å². The van der Waals surface area contributed by atoms with Crippen LogP contribution in [0.5, 0.6) is 0 Å². The van der Waals surface area contributed by atoms with Gasteiger partial charge in [-0.2, -0.15) is 0 Å². The Balaban J connectivity index is 1.41. The predicted octanol–water partition coefficient (Wildman–Crippen LogP) is 11.6. The van der Waals surface area contributed by atoms with Crippen molar-refractivity contribution in [2.24, 2.45) is 0 Å². The van der Waals surface area contributed by atoms with Crippen LogP contribution in [0.4, 0.5) is 0 Å². The van der Waals surface area contributed by atoms with Crippen LogP contribution >= 0.6 is 0 Å². The minimum Gasteiger partial charge on any atom is -0.0616 e. The Morgan fingerprint density at radius 2 is 0.750 bits per heavy atom. The number of aryl methyl sites for hydroxylation is 3. The van der Waals surface area contributed by atoms with Gasteiger partial charge in [-0.1, -0.05) is 91.0 Å². The molecule has 3 aliphatic carbocycles. The first-order valence-corrected chi connectivity index (χ1v) is 17.2. The third-order valence-electron chi connectivity index (χ3n) is 11.1. The standard InChI is InChI=1S/C44H40/c1-4-18-33-29(12-1)15-9-23-36(33)32-26-27-41-42(28-32)44(38-25-11-17-31-14-3-6-20-35(31)38)40-22-8-7-21-39(40)43(41)37-24-10-16-30-13-2-5-19-34(30)37/h7-11,15-17,21-28H,1-6,12-14,18-20H2. The van der Waals surface area contributed by atoms with Gasteiger partial charge in [0.05, 0.1) is 0 Å². The monoisotopic (exact) mass is 568 g/mol. The van der Waals surface area contributed by atoms with Gasteiger partial charge in [0.1, 0.15) is 0 Å². The van der Waals surface area contributed by atoms with E-state index in [2.05, 4.69) is 97.1 Å². The molecule has 0 amide bonds. The van der Waals surface area contributed by atoms with Gasteiger partial charge in [-0.25, -0.2) is 0 Å². The largest absolute Gasteiger partial charge is 0.0616 e. The minimum absolute atomic E-state index is 1.18. The van der Waals surface area contributed by atoms with Crippen molar-refractivity contribution in [2.75, 3.05) is 0 Å². The highest BCUT2D eigenvalue weighted by molar-refractivity contribution is 6.22. The fourth-order valence-electron chi connectivity index (χ4n) is 9.01. The van der Waals surface area contributed by atoms with Gasteiger partial charge in [0.2, 0.25) is 0 Å². The summed E-state index contributed by atoms with van der Waals surface area (Å²) in [6, 6.07) is 38.1. The predicted molar refractivity (Wildman–Crippen MR) is 188 cm³/mol. The fraction of sp³-hybridized carbons (Fsp3) is 0.273. The second-order valence-corrected chi connectivity index (χ2v) is 13.5. The number of hydrogen-bond acceptors (Lipinski definition) is 0. The Hall–Kier alpha value is -4.16. The zero-order valence-electron chi connectivity index (χ0n) is 25.7. The molecule has 0 aromatic heterocycles. The Kier molecular flexibility index (Phi) is 6.43. The van der Waals surface area contributed by atoms with Gasteiger partial charge in [0.15, 0.2) is 0 Å². The Morgan fingerprint density at radius 1 is 0.318 bits per heavy atom. The van der Waals surface area contributed by atoms with Crippen molar-refractivity contribution in [3.8, 4) is 33.4 Å². The van der Waals surface area contributed by atoms with E-state index in [9.17, 15) is 0 Å². The van der Waals surface area contributed by atoms with E-state index in [1.54, 1.807) is 33.4 Å². The normalized spacial score (nSPS) is 16.0. The van der Waals surface area contributed by atoms with Crippen LogP contribution in [-0.4, -0.2) is 0 Å².